The van der Waals surface area contributed by atoms with Crippen LogP contribution in [0.3, 0.4) is 0 Å². The molecule has 4 aliphatic carbocycles. The lowest BCUT2D eigenvalue weighted by Gasteiger charge is -2.56. The molecular formula is C22H25N5O2. The minimum absolute atomic E-state index is 0.0338. The lowest BCUT2D eigenvalue weighted by atomic mass is 9.49. The number of rotatable bonds is 3. The van der Waals surface area contributed by atoms with E-state index in [1.54, 1.807) is 23.2 Å². The van der Waals surface area contributed by atoms with Gasteiger partial charge in [-0.05, 0) is 68.4 Å². The number of anilines is 1. The molecular weight excluding hydrogens is 366 g/mol. The first-order chi connectivity index (χ1) is 14.1. The molecule has 7 nitrogen and oxygen atoms in total. The molecule has 0 aromatic carbocycles. The topological polar surface area (TPSA) is 102 Å². The van der Waals surface area contributed by atoms with Crippen molar-refractivity contribution in [1.82, 2.24) is 9.88 Å². The van der Waals surface area contributed by atoms with Crippen molar-refractivity contribution in [1.29, 1.82) is 10.5 Å². The SMILES string of the molecule is N#Cc1cccnc1NC1CCN(C(=O)OC2C3CC4CC2CC(C#N)(C4)C3)C1. The zero-order chi connectivity index (χ0) is 20.0. The molecule has 29 heavy (non-hydrogen) atoms. The molecule has 1 N–H and O–H groups in total. The number of nitrogens with zero attached hydrogens (tertiary/aromatic N) is 4. The van der Waals surface area contributed by atoms with Gasteiger partial charge in [0.2, 0.25) is 0 Å². The molecule has 150 valence electrons. The van der Waals surface area contributed by atoms with Crippen LogP contribution in [-0.4, -0.2) is 41.2 Å². The molecule has 1 saturated heterocycles. The van der Waals surface area contributed by atoms with Crippen LogP contribution in [0.5, 0.6) is 0 Å². The van der Waals surface area contributed by atoms with E-state index in [4.69, 9.17) is 4.74 Å². The van der Waals surface area contributed by atoms with E-state index in [1.807, 2.05) is 0 Å². The second kappa shape index (κ2) is 6.91. The fourth-order valence-electron chi connectivity index (χ4n) is 6.35. The summed E-state index contributed by atoms with van der Waals surface area (Å²) >= 11 is 0. The standard InChI is InChI=1S/C22H25N5O2/c23-11-15-2-1-4-25-20(15)26-18-3-5-27(12-18)21(28)29-19-16-6-14-7-17(19)10-22(8-14,9-16)13-24/h1-2,4,14,16-19H,3,5-10,12H2,(H,25,26). The van der Waals surface area contributed by atoms with Gasteiger partial charge in [-0.25, -0.2) is 9.78 Å². The normalized spacial score (nSPS) is 37.0. The first-order valence-electron chi connectivity index (χ1n) is 10.6. The van der Waals surface area contributed by atoms with Crippen LogP contribution in [0.15, 0.2) is 18.3 Å². The Morgan fingerprint density at radius 1 is 1.28 bits per heavy atom. The summed E-state index contributed by atoms with van der Waals surface area (Å²) in [5.41, 5.74) is 0.344. The third kappa shape index (κ3) is 3.19. The summed E-state index contributed by atoms with van der Waals surface area (Å²) in [5, 5.41) is 22.2. The Morgan fingerprint density at radius 2 is 2.07 bits per heavy atom. The number of ether oxygens (including phenoxy) is 1. The van der Waals surface area contributed by atoms with Gasteiger partial charge >= 0.3 is 6.09 Å². The summed E-state index contributed by atoms with van der Waals surface area (Å²) in [6.45, 7) is 1.19. The number of likely N-dealkylation sites (tertiary alicyclic amines) is 1. The Labute approximate surface area is 170 Å². The van der Waals surface area contributed by atoms with E-state index >= 15 is 0 Å². The van der Waals surface area contributed by atoms with Gasteiger partial charge in [-0.2, -0.15) is 10.5 Å². The number of amides is 1. The minimum Gasteiger partial charge on any atom is -0.446 e. The van der Waals surface area contributed by atoms with Gasteiger partial charge in [0.05, 0.1) is 17.0 Å². The predicted octanol–water partition coefficient (Wildman–Crippen LogP) is 3.29. The van der Waals surface area contributed by atoms with Gasteiger partial charge in [0.15, 0.2) is 0 Å². The van der Waals surface area contributed by atoms with Crippen molar-refractivity contribution >= 4 is 11.9 Å². The van der Waals surface area contributed by atoms with Crippen molar-refractivity contribution < 1.29 is 9.53 Å². The van der Waals surface area contributed by atoms with Crippen LogP contribution in [0.2, 0.25) is 0 Å². The molecule has 4 bridgehead atoms. The van der Waals surface area contributed by atoms with Gasteiger partial charge < -0.3 is 15.0 Å². The Kier molecular flexibility index (Phi) is 4.35. The molecule has 1 aromatic heterocycles. The first kappa shape index (κ1) is 18.2. The minimum atomic E-state index is -0.237. The summed E-state index contributed by atoms with van der Waals surface area (Å²) in [4.78, 5) is 18.9. The van der Waals surface area contributed by atoms with Crippen LogP contribution < -0.4 is 5.32 Å². The number of pyridine rings is 1. The number of nitriles is 2. The summed E-state index contributed by atoms with van der Waals surface area (Å²) in [5.74, 6) is 1.88. The second-order valence-electron chi connectivity index (χ2n) is 9.30. The number of hydrogen-bond donors (Lipinski definition) is 1. The number of nitrogens with one attached hydrogen (secondary N) is 1. The lowest BCUT2D eigenvalue weighted by Crippen LogP contribution is -2.55. The molecule has 1 aromatic rings. The molecule has 0 spiro atoms. The average Bonchev–Trinajstić information content (AvgIpc) is 3.19. The second-order valence-corrected chi connectivity index (χ2v) is 9.30. The molecule has 1 amide bonds. The quantitative estimate of drug-likeness (QED) is 0.848. The molecule has 3 atom stereocenters. The van der Waals surface area contributed by atoms with Crippen LogP contribution in [0.1, 0.15) is 44.1 Å². The molecule has 2 heterocycles. The van der Waals surface area contributed by atoms with E-state index in [9.17, 15) is 15.3 Å². The maximum Gasteiger partial charge on any atom is 0.410 e. The summed E-state index contributed by atoms with van der Waals surface area (Å²) in [6.07, 6.45) is 7.18. The highest BCUT2D eigenvalue weighted by molar-refractivity contribution is 5.68. The van der Waals surface area contributed by atoms with Crippen LogP contribution in [-0.2, 0) is 4.74 Å². The Bertz CT molecular complexity index is 887. The van der Waals surface area contributed by atoms with Gasteiger partial charge in [-0.15, -0.1) is 0 Å². The molecule has 3 unspecified atom stereocenters. The molecule has 1 aliphatic heterocycles. The van der Waals surface area contributed by atoms with Crippen molar-refractivity contribution in [2.45, 2.75) is 50.7 Å². The first-order valence-corrected chi connectivity index (χ1v) is 10.6. The van der Waals surface area contributed by atoms with E-state index in [-0.39, 0.29) is 23.7 Å². The number of carbonyl (C=O) groups is 1. The molecule has 7 heteroatoms. The summed E-state index contributed by atoms with van der Waals surface area (Å²) in [6, 6.07) is 8.26. The number of hydrogen-bond acceptors (Lipinski definition) is 6. The molecule has 5 aliphatic rings. The zero-order valence-electron chi connectivity index (χ0n) is 16.4. The van der Waals surface area contributed by atoms with Crippen molar-refractivity contribution in [3.8, 4) is 12.1 Å². The van der Waals surface area contributed by atoms with Gasteiger partial charge in [0.1, 0.15) is 18.0 Å². The van der Waals surface area contributed by atoms with Gasteiger partial charge in [0.25, 0.3) is 0 Å². The number of carbonyl (C=O) groups excluding carboxylic acids is 1. The van der Waals surface area contributed by atoms with Crippen LogP contribution in [0.25, 0.3) is 0 Å². The Hall–Kier alpha value is -2.80. The summed E-state index contributed by atoms with van der Waals surface area (Å²) in [7, 11) is 0. The fourth-order valence-corrected chi connectivity index (χ4v) is 6.35. The van der Waals surface area contributed by atoms with Crippen molar-refractivity contribution in [2.24, 2.45) is 23.2 Å². The van der Waals surface area contributed by atoms with E-state index in [1.165, 1.54) is 0 Å². The maximum atomic E-state index is 12.9. The van der Waals surface area contributed by atoms with Crippen LogP contribution >= 0.6 is 0 Å². The van der Waals surface area contributed by atoms with Gasteiger partial charge in [-0.3, -0.25) is 0 Å². The zero-order valence-corrected chi connectivity index (χ0v) is 16.4. The predicted molar refractivity (Wildman–Crippen MR) is 104 cm³/mol. The summed E-state index contributed by atoms with van der Waals surface area (Å²) < 4.78 is 6.03. The highest BCUT2D eigenvalue weighted by Crippen LogP contribution is 2.60. The lowest BCUT2D eigenvalue weighted by molar-refractivity contribution is -0.121. The third-order valence-electron chi connectivity index (χ3n) is 7.38. The molecule has 0 radical (unpaired) electrons. The Balaban J connectivity index is 1.20. The molecule has 4 saturated carbocycles. The van der Waals surface area contributed by atoms with E-state index in [2.05, 4.69) is 22.4 Å². The van der Waals surface area contributed by atoms with Crippen molar-refractivity contribution in [3.05, 3.63) is 23.9 Å². The third-order valence-corrected chi connectivity index (χ3v) is 7.38. The van der Waals surface area contributed by atoms with Crippen LogP contribution in [0, 0.1) is 45.8 Å². The molecule has 6 rings (SSSR count). The van der Waals surface area contributed by atoms with E-state index in [0.717, 1.165) is 38.5 Å². The highest BCUT2D eigenvalue weighted by atomic mass is 16.6. The highest BCUT2D eigenvalue weighted by Gasteiger charge is 2.57. The Morgan fingerprint density at radius 3 is 2.79 bits per heavy atom. The van der Waals surface area contributed by atoms with Crippen molar-refractivity contribution in [2.75, 3.05) is 18.4 Å². The largest absolute Gasteiger partial charge is 0.446 e. The number of aromatic nitrogens is 1. The van der Waals surface area contributed by atoms with Crippen molar-refractivity contribution in [3.63, 3.8) is 0 Å². The maximum absolute atomic E-state index is 12.9. The van der Waals surface area contributed by atoms with E-state index in [0.29, 0.717) is 42.2 Å². The fraction of sp³-hybridized carbons (Fsp3) is 0.636. The average molecular weight is 391 g/mol. The van der Waals surface area contributed by atoms with Gasteiger partial charge in [-0.1, -0.05) is 0 Å². The smallest absolute Gasteiger partial charge is 0.410 e. The van der Waals surface area contributed by atoms with Crippen LogP contribution in [0.4, 0.5) is 10.6 Å². The van der Waals surface area contributed by atoms with E-state index < -0.39 is 0 Å². The molecule has 5 fully saturated rings. The monoisotopic (exact) mass is 391 g/mol. The van der Waals surface area contributed by atoms with Gasteiger partial charge in [0, 0.05) is 25.3 Å².